The zero-order valence-corrected chi connectivity index (χ0v) is 17.2. The summed E-state index contributed by atoms with van der Waals surface area (Å²) in [5.41, 5.74) is 5.28. The highest BCUT2D eigenvalue weighted by atomic mass is 16.5. The van der Waals surface area contributed by atoms with E-state index < -0.39 is 0 Å². The zero-order chi connectivity index (χ0) is 22.1. The normalized spacial score (nSPS) is 10.5. The molecule has 0 fully saturated rings. The van der Waals surface area contributed by atoms with Crippen LogP contribution in [-0.4, -0.2) is 36.7 Å². The van der Waals surface area contributed by atoms with E-state index in [-0.39, 0.29) is 18.4 Å². The highest BCUT2D eigenvalue weighted by Crippen LogP contribution is 2.27. The summed E-state index contributed by atoms with van der Waals surface area (Å²) < 4.78 is 10.9. The Morgan fingerprint density at radius 2 is 1.97 bits per heavy atom. The molecule has 8 nitrogen and oxygen atoms in total. The van der Waals surface area contributed by atoms with Gasteiger partial charge in [-0.3, -0.25) is 14.6 Å². The molecule has 1 aromatic heterocycles. The maximum Gasteiger partial charge on any atom is 0.272 e. The molecule has 3 aromatic rings. The number of nitrogens with one attached hydrogen (secondary N) is 2. The van der Waals surface area contributed by atoms with Crippen molar-refractivity contribution < 1.29 is 19.1 Å². The molecule has 31 heavy (non-hydrogen) atoms. The number of rotatable bonds is 8. The average molecular weight is 418 g/mol. The Labute approximate surface area is 179 Å². The van der Waals surface area contributed by atoms with Crippen molar-refractivity contribution in [2.75, 3.05) is 19.0 Å². The average Bonchev–Trinajstić information content (AvgIpc) is 2.78. The van der Waals surface area contributed by atoms with Crippen molar-refractivity contribution in [2.24, 2.45) is 5.10 Å². The second kappa shape index (κ2) is 10.5. The quantitative estimate of drug-likeness (QED) is 0.432. The number of hydrazone groups is 1. The van der Waals surface area contributed by atoms with E-state index >= 15 is 0 Å². The fourth-order valence-corrected chi connectivity index (χ4v) is 2.67. The van der Waals surface area contributed by atoms with Gasteiger partial charge in [-0.15, -0.1) is 0 Å². The zero-order valence-electron chi connectivity index (χ0n) is 17.2. The number of nitrogens with zero attached hydrogens (tertiary/aromatic N) is 2. The van der Waals surface area contributed by atoms with Gasteiger partial charge < -0.3 is 14.8 Å². The molecule has 0 saturated heterocycles. The number of aromatic nitrogens is 1. The first kappa shape index (κ1) is 21.5. The molecular formula is C23H22N4O4. The molecule has 0 spiro atoms. The number of aryl methyl sites for hydroxylation is 1. The monoisotopic (exact) mass is 418 g/mol. The van der Waals surface area contributed by atoms with Crippen molar-refractivity contribution in [1.29, 1.82) is 0 Å². The Bertz CT molecular complexity index is 1080. The highest BCUT2D eigenvalue weighted by molar-refractivity contribution is 5.94. The Balaban J connectivity index is 1.56. The highest BCUT2D eigenvalue weighted by Gasteiger charge is 2.09. The maximum absolute atomic E-state index is 12.1. The molecule has 0 aliphatic carbocycles. The van der Waals surface area contributed by atoms with Gasteiger partial charge in [0.05, 0.1) is 18.9 Å². The molecule has 0 aliphatic heterocycles. The lowest BCUT2D eigenvalue weighted by atomic mass is 10.2. The van der Waals surface area contributed by atoms with Crippen molar-refractivity contribution in [3.05, 3.63) is 83.7 Å². The smallest absolute Gasteiger partial charge is 0.272 e. The number of ether oxygens (including phenoxy) is 2. The molecule has 0 saturated carbocycles. The molecule has 0 bridgehead atoms. The number of anilines is 1. The fourth-order valence-electron chi connectivity index (χ4n) is 2.67. The van der Waals surface area contributed by atoms with Gasteiger partial charge in [0, 0.05) is 18.1 Å². The SMILES string of the molecule is COc1cc(/C=N\NC(=O)c2cccnc2)ccc1OCC(=O)Nc1cccc(C)c1. The van der Waals surface area contributed by atoms with E-state index in [1.165, 1.54) is 19.5 Å². The van der Waals surface area contributed by atoms with Crippen LogP contribution >= 0.6 is 0 Å². The van der Waals surface area contributed by atoms with E-state index in [2.05, 4.69) is 20.8 Å². The third kappa shape index (κ3) is 6.40. The van der Waals surface area contributed by atoms with E-state index in [9.17, 15) is 9.59 Å². The van der Waals surface area contributed by atoms with Crippen LogP contribution in [0.25, 0.3) is 0 Å². The lowest BCUT2D eigenvalue weighted by Gasteiger charge is -2.11. The van der Waals surface area contributed by atoms with Gasteiger partial charge in [-0.2, -0.15) is 5.10 Å². The van der Waals surface area contributed by atoms with Crippen LogP contribution in [-0.2, 0) is 4.79 Å². The van der Waals surface area contributed by atoms with Gasteiger partial charge >= 0.3 is 0 Å². The van der Waals surface area contributed by atoms with Crippen molar-refractivity contribution in [3.8, 4) is 11.5 Å². The van der Waals surface area contributed by atoms with Gasteiger partial charge in [-0.25, -0.2) is 5.43 Å². The first-order valence-electron chi connectivity index (χ1n) is 9.46. The molecule has 158 valence electrons. The standard InChI is InChI=1S/C23H22N4O4/c1-16-5-3-7-19(11-16)26-22(28)15-31-20-9-8-17(12-21(20)30-2)13-25-27-23(29)18-6-4-10-24-14-18/h3-14H,15H2,1-2H3,(H,26,28)(H,27,29)/b25-13-. The minimum Gasteiger partial charge on any atom is -0.493 e. The number of carbonyl (C=O) groups excluding carboxylic acids is 2. The summed E-state index contributed by atoms with van der Waals surface area (Å²) in [5.74, 6) is 0.205. The molecule has 3 rings (SSSR count). The number of benzene rings is 2. The van der Waals surface area contributed by atoms with Crippen LogP contribution in [0.3, 0.4) is 0 Å². The first-order chi connectivity index (χ1) is 15.0. The van der Waals surface area contributed by atoms with Gasteiger partial charge in [0.15, 0.2) is 18.1 Å². The second-order valence-electron chi connectivity index (χ2n) is 6.56. The number of pyridine rings is 1. The summed E-state index contributed by atoms with van der Waals surface area (Å²) in [6.45, 7) is 1.78. The first-order valence-corrected chi connectivity index (χ1v) is 9.46. The summed E-state index contributed by atoms with van der Waals surface area (Å²) in [6.07, 6.45) is 4.52. The van der Waals surface area contributed by atoms with Crippen molar-refractivity contribution in [2.45, 2.75) is 6.92 Å². The third-order valence-electron chi connectivity index (χ3n) is 4.15. The predicted molar refractivity (Wildman–Crippen MR) is 118 cm³/mol. The van der Waals surface area contributed by atoms with E-state index in [1.54, 1.807) is 36.5 Å². The Morgan fingerprint density at radius 3 is 2.71 bits per heavy atom. The van der Waals surface area contributed by atoms with Gasteiger partial charge in [-0.05, 0) is 60.5 Å². The molecule has 0 aliphatic rings. The summed E-state index contributed by atoms with van der Waals surface area (Å²) >= 11 is 0. The van der Waals surface area contributed by atoms with Crippen molar-refractivity contribution >= 4 is 23.7 Å². The van der Waals surface area contributed by atoms with Crippen LogP contribution in [0.2, 0.25) is 0 Å². The molecule has 8 heteroatoms. The van der Waals surface area contributed by atoms with Crippen LogP contribution in [0.4, 0.5) is 5.69 Å². The summed E-state index contributed by atoms with van der Waals surface area (Å²) in [5, 5.41) is 6.72. The molecule has 2 aromatic carbocycles. The molecule has 2 N–H and O–H groups in total. The largest absolute Gasteiger partial charge is 0.493 e. The predicted octanol–water partition coefficient (Wildman–Crippen LogP) is 3.18. The van der Waals surface area contributed by atoms with E-state index in [4.69, 9.17) is 9.47 Å². The number of amides is 2. The van der Waals surface area contributed by atoms with Gasteiger partial charge in [0.25, 0.3) is 11.8 Å². The van der Waals surface area contributed by atoms with E-state index in [0.29, 0.717) is 28.3 Å². The lowest BCUT2D eigenvalue weighted by molar-refractivity contribution is -0.118. The van der Waals surface area contributed by atoms with Crippen LogP contribution in [0.5, 0.6) is 11.5 Å². The number of hydrogen-bond donors (Lipinski definition) is 2. The van der Waals surface area contributed by atoms with Gasteiger partial charge in [0.2, 0.25) is 0 Å². The van der Waals surface area contributed by atoms with Crippen LogP contribution in [0.1, 0.15) is 21.5 Å². The molecule has 0 radical (unpaired) electrons. The van der Waals surface area contributed by atoms with Crippen molar-refractivity contribution in [1.82, 2.24) is 10.4 Å². The minimum atomic E-state index is -0.365. The Hall–Kier alpha value is -4.20. The van der Waals surface area contributed by atoms with Gasteiger partial charge in [-0.1, -0.05) is 12.1 Å². The molecule has 0 atom stereocenters. The Morgan fingerprint density at radius 1 is 1.10 bits per heavy atom. The lowest BCUT2D eigenvalue weighted by Crippen LogP contribution is -2.20. The van der Waals surface area contributed by atoms with E-state index in [1.807, 2.05) is 31.2 Å². The second-order valence-corrected chi connectivity index (χ2v) is 6.56. The summed E-state index contributed by atoms with van der Waals surface area (Å²) in [6, 6.07) is 15.9. The maximum atomic E-state index is 12.1. The Kier molecular flexibility index (Phi) is 7.31. The summed E-state index contributed by atoms with van der Waals surface area (Å²) in [7, 11) is 1.50. The minimum absolute atomic E-state index is 0.168. The molecule has 2 amide bonds. The summed E-state index contributed by atoms with van der Waals surface area (Å²) in [4.78, 5) is 28.0. The molecular weight excluding hydrogens is 396 g/mol. The molecule has 1 heterocycles. The van der Waals surface area contributed by atoms with Crippen LogP contribution in [0, 0.1) is 6.92 Å². The fraction of sp³-hybridized carbons (Fsp3) is 0.130. The van der Waals surface area contributed by atoms with Crippen LogP contribution in [0.15, 0.2) is 72.1 Å². The number of hydrogen-bond acceptors (Lipinski definition) is 6. The number of methoxy groups -OCH3 is 1. The van der Waals surface area contributed by atoms with Crippen LogP contribution < -0.4 is 20.2 Å². The van der Waals surface area contributed by atoms with Crippen molar-refractivity contribution in [3.63, 3.8) is 0 Å². The third-order valence-corrected chi connectivity index (χ3v) is 4.15. The topological polar surface area (TPSA) is 102 Å². The van der Waals surface area contributed by atoms with E-state index in [0.717, 1.165) is 5.56 Å². The molecule has 0 unspecified atom stereocenters. The number of carbonyl (C=O) groups is 2. The van der Waals surface area contributed by atoms with Gasteiger partial charge in [0.1, 0.15) is 0 Å².